The van der Waals surface area contributed by atoms with Gasteiger partial charge in [0, 0.05) is 6.20 Å². The fourth-order valence-electron chi connectivity index (χ4n) is 1.18. The molecule has 5 heteroatoms. The van der Waals surface area contributed by atoms with Gasteiger partial charge in [0.15, 0.2) is 8.32 Å². The molecule has 0 fully saturated rings. The van der Waals surface area contributed by atoms with Crippen LogP contribution in [0.4, 0.5) is 0 Å². The van der Waals surface area contributed by atoms with Crippen molar-refractivity contribution in [1.29, 1.82) is 0 Å². The van der Waals surface area contributed by atoms with Crippen LogP contribution in [-0.2, 0) is 4.43 Å². The number of nitrogens with zero attached hydrogens (tertiary/aromatic N) is 2. The van der Waals surface area contributed by atoms with Gasteiger partial charge in [-0.1, -0.05) is 20.8 Å². The van der Waals surface area contributed by atoms with E-state index in [1.54, 1.807) is 0 Å². The van der Waals surface area contributed by atoms with Crippen molar-refractivity contribution in [2.24, 2.45) is 0 Å². The lowest BCUT2D eigenvalue weighted by Crippen LogP contribution is -2.42. The van der Waals surface area contributed by atoms with Crippen LogP contribution in [-0.4, -0.2) is 24.7 Å². The average Bonchev–Trinajstić information content (AvgIpc) is 2.59. The van der Waals surface area contributed by atoms with Crippen molar-refractivity contribution in [3.63, 3.8) is 0 Å². The Kier molecular flexibility index (Phi) is 4.60. The van der Waals surface area contributed by atoms with Gasteiger partial charge in [0.05, 0.1) is 23.3 Å². The second-order valence-corrected chi connectivity index (χ2v) is 11.8. The van der Waals surface area contributed by atoms with Gasteiger partial charge < -0.3 is 4.43 Å². The van der Waals surface area contributed by atoms with E-state index in [2.05, 4.69) is 61.8 Å². The van der Waals surface area contributed by atoms with Gasteiger partial charge in [0.1, 0.15) is 0 Å². The molecule has 0 saturated heterocycles. The molecule has 1 aromatic rings. The highest BCUT2D eigenvalue weighted by molar-refractivity contribution is 9.10. The lowest BCUT2D eigenvalue weighted by Gasteiger charge is -2.36. The molecule has 0 aliphatic heterocycles. The predicted octanol–water partition coefficient (Wildman–Crippen LogP) is 4.23. The molecular formula is C12H23BrN2OSi. The Bertz CT molecular complexity index is 371. The minimum atomic E-state index is -1.65. The van der Waals surface area contributed by atoms with Gasteiger partial charge in [0.25, 0.3) is 0 Å². The van der Waals surface area contributed by atoms with Gasteiger partial charge in [-0.3, -0.25) is 4.68 Å². The summed E-state index contributed by atoms with van der Waals surface area (Å²) in [7, 11) is -1.65. The van der Waals surface area contributed by atoms with Crippen molar-refractivity contribution in [3.05, 3.63) is 16.9 Å². The average molecular weight is 319 g/mol. The molecule has 0 unspecified atom stereocenters. The van der Waals surface area contributed by atoms with E-state index in [0.717, 1.165) is 11.1 Å². The van der Waals surface area contributed by atoms with Gasteiger partial charge in [-0.15, -0.1) is 0 Å². The summed E-state index contributed by atoms with van der Waals surface area (Å²) in [5.41, 5.74) is 0. The van der Waals surface area contributed by atoms with Gasteiger partial charge in [0.2, 0.25) is 0 Å². The van der Waals surface area contributed by atoms with Gasteiger partial charge in [-0.25, -0.2) is 0 Å². The molecule has 0 amide bonds. The van der Waals surface area contributed by atoms with E-state index in [9.17, 15) is 0 Å². The van der Waals surface area contributed by atoms with Crippen LogP contribution in [0, 0.1) is 0 Å². The summed E-state index contributed by atoms with van der Waals surface area (Å²) in [6.45, 7) is 14.2. The van der Waals surface area contributed by atoms with Crippen LogP contribution in [0.5, 0.6) is 0 Å². The second-order valence-electron chi connectivity index (χ2n) is 6.06. The summed E-state index contributed by atoms with van der Waals surface area (Å²) in [5, 5.41) is 4.55. The Morgan fingerprint density at radius 1 is 1.47 bits per heavy atom. The van der Waals surface area contributed by atoms with Crippen molar-refractivity contribution in [1.82, 2.24) is 9.78 Å². The third-order valence-corrected chi connectivity index (χ3v) is 8.42. The largest absolute Gasteiger partial charge is 0.415 e. The van der Waals surface area contributed by atoms with E-state index in [1.807, 2.05) is 17.1 Å². The standard InChI is InChI=1S/C12H23BrN2OSi/c1-10(15-8-11(13)7-14-15)9-16-17(5,6)12(2,3)4/h7-8,10H,9H2,1-6H3/t10-/m1/s1. The summed E-state index contributed by atoms with van der Waals surface area (Å²) in [6.07, 6.45) is 3.79. The molecule has 0 spiro atoms. The summed E-state index contributed by atoms with van der Waals surface area (Å²) < 4.78 is 9.13. The van der Waals surface area contributed by atoms with Crippen LogP contribution in [0.1, 0.15) is 33.7 Å². The molecule has 0 aromatic carbocycles. The first-order chi connectivity index (χ1) is 7.63. The highest BCUT2D eigenvalue weighted by Crippen LogP contribution is 2.36. The molecule has 1 aromatic heterocycles. The van der Waals surface area contributed by atoms with E-state index < -0.39 is 8.32 Å². The number of halogens is 1. The predicted molar refractivity (Wildman–Crippen MR) is 77.8 cm³/mol. The normalized spacial score (nSPS) is 15.0. The zero-order chi connectivity index (χ0) is 13.3. The fourth-order valence-corrected chi connectivity index (χ4v) is 2.57. The maximum Gasteiger partial charge on any atom is 0.192 e. The summed E-state index contributed by atoms with van der Waals surface area (Å²) in [5.74, 6) is 0. The molecule has 0 radical (unpaired) electrons. The number of hydrogen-bond acceptors (Lipinski definition) is 2. The molecule has 1 rings (SSSR count). The topological polar surface area (TPSA) is 27.1 Å². The molecule has 0 aliphatic rings. The highest BCUT2D eigenvalue weighted by Gasteiger charge is 2.37. The smallest absolute Gasteiger partial charge is 0.192 e. The first-order valence-electron chi connectivity index (χ1n) is 5.97. The number of hydrogen-bond donors (Lipinski definition) is 0. The summed E-state index contributed by atoms with van der Waals surface area (Å²) >= 11 is 3.41. The quantitative estimate of drug-likeness (QED) is 0.777. The molecule has 0 bridgehead atoms. The lowest BCUT2D eigenvalue weighted by molar-refractivity contribution is 0.230. The number of rotatable bonds is 4. The molecular weight excluding hydrogens is 296 g/mol. The Morgan fingerprint density at radius 3 is 2.47 bits per heavy atom. The summed E-state index contributed by atoms with van der Waals surface area (Å²) in [6, 6.07) is 0.274. The minimum absolute atomic E-state index is 0.261. The van der Waals surface area contributed by atoms with Crippen LogP contribution >= 0.6 is 15.9 Å². The monoisotopic (exact) mass is 318 g/mol. The van der Waals surface area contributed by atoms with Crippen molar-refractivity contribution in [2.45, 2.75) is 51.9 Å². The van der Waals surface area contributed by atoms with Crippen LogP contribution in [0.3, 0.4) is 0 Å². The first-order valence-corrected chi connectivity index (χ1v) is 9.67. The maximum absolute atomic E-state index is 6.18. The number of aromatic nitrogens is 2. The van der Waals surface area contributed by atoms with Gasteiger partial charge >= 0.3 is 0 Å². The molecule has 98 valence electrons. The molecule has 17 heavy (non-hydrogen) atoms. The highest BCUT2D eigenvalue weighted by atomic mass is 79.9. The van der Waals surface area contributed by atoms with Gasteiger partial charge in [-0.05, 0) is 41.0 Å². The van der Waals surface area contributed by atoms with Crippen molar-refractivity contribution >= 4 is 24.2 Å². The molecule has 0 N–H and O–H groups in total. The second kappa shape index (κ2) is 5.24. The molecule has 0 saturated carbocycles. The van der Waals surface area contributed by atoms with E-state index in [-0.39, 0.29) is 11.1 Å². The van der Waals surface area contributed by atoms with Crippen molar-refractivity contribution in [2.75, 3.05) is 6.61 Å². The van der Waals surface area contributed by atoms with Crippen molar-refractivity contribution in [3.8, 4) is 0 Å². The Morgan fingerprint density at radius 2 is 2.06 bits per heavy atom. The van der Waals surface area contributed by atoms with Crippen molar-refractivity contribution < 1.29 is 4.43 Å². The zero-order valence-corrected chi connectivity index (χ0v) is 14.2. The minimum Gasteiger partial charge on any atom is -0.415 e. The van der Waals surface area contributed by atoms with E-state index in [0.29, 0.717) is 0 Å². The summed E-state index contributed by atoms with van der Waals surface area (Å²) in [4.78, 5) is 0. The zero-order valence-electron chi connectivity index (χ0n) is 11.6. The maximum atomic E-state index is 6.18. The Balaban J connectivity index is 2.57. The van der Waals surface area contributed by atoms with Crippen LogP contribution < -0.4 is 0 Å². The van der Waals surface area contributed by atoms with E-state index >= 15 is 0 Å². The molecule has 1 heterocycles. The molecule has 0 aliphatic carbocycles. The van der Waals surface area contributed by atoms with Crippen LogP contribution in [0.15, 0.2) is 16.9 Å². The molecule has 3 nitrogen and oxygen atoms in total. The lowest BCUT2D eigenvalue weighted by atomic mass is 10.2. The SMILES string of the molecule is C[C@H](CO[Si](C)(C)C(C)(C)C)n1cc(Br)cn1. The van der Waals surface area contributed by atoms with E-state index in [4.69, 9.17) is 4.43 Å². The first kappa shape index (κ1) is 14.9. The Labute approximate surface area is 114 Å². The molecule has 1 atom stereocenters. The van der Waals surface area contributed by atoms with E-state index in [1.165, 1.54) is 0 Å². The van der Waals surface area contributed by atoms with Gasteiger partial charge in [-0.2, -0.15) is 5.10 Å². The van der Waals surface area contributed by atoms with Crippen LogP contribution in [0.2, 0.25) is 18.1 Å². The third kappa shape index (κ3) is 3.93. The third-order valence-electron chi connectivity index (χ3n) is 3.51. The fraction of sp³-hybridized carbons (Fsp3) is 0.750. The Hall–Kier alpha value is -0.133. The van der Waals surface area contributed by atoms with Crippen LogP contribution in [0.25, 0.3) is 0 Å².